The van der Waals surface area contributed by atoms with E-state index >= 15 is 4.39 Å². The highest BCUT2D eigenvalue weighted by Gasteiger charge is 2.36. The minimum absolute atomic E-state index is 0.00326. The molecule has 2 aromatic carbocycles. The van der Waals surface area contributed by atoms with E-state index in [1.807, 2.05) is 0 Å². The van der Waals surface area contributed by atoms with E-state index in [1.165, 1.54) is 32.2 Å². The van der Waals surface area contributed by atoms with Gasteiger partial charge >= 0.3 is 18.2 Å². The largest absolute Gasteiger partial charge is 0.496 e. The molecule has 0 bridgehead atoms. The lowest BCUT2D eigenvalue weighted by molar-refractivity contribution is -0.143. The van der Waals surface area contributed by atoms with Gasteiger partial charge in [0, 0.05) is 11.1 Å². The number of ether oxygens (including phenoxy) is 3. The zero-order valence-corrected chi connectivity index (χ0v) is 20.4. The second-order valence-electron chi connectivity index (χ2n) is 8.78. The monoisotopic (exact) mass is 499 g/mol. The molecule has 0 heterocycles. The first-order chi connectivity index (χ1) is 16.2. The molecule has 0 aliphatic carbocycles. The Morgan fingerprint density at radius 3 is 2.31 bits per heavy atom. The van der Waals surface area contributed by atoms with Crippen molar-refractivity contribution in [1.29, 1.82) is 0 Å². The number of esters is 1. The van der Waals surface area contributed by atoms with Crippen LogP contribution < -0.4 is 10.1 Å². The highest BCUT2D eigenvalue weighted by Crippen LogP contribution is 2.43. The van der Waals surface area contributed by atoms with Crippen molar-refractivity contribution in [3.05, 3.63) is 52.8 Å². The Morgan fingerprint density at radius 1 is 1.11 bits per heavy atom. The van der Waals surface area contributed by atoms with Gasteiger partial charge in [0.25, 0.3) is 0 Å². The van der Waals surface area contributed by atoms with E-state index in [0.717, 1.165) is 12.1 Å². The molecule has 0 radical (unpaired) electrons. The molecule has 192 valence electrons. The Hall–Kier alpha value is -3.30. The molecule has 0 aromatic heterocycles. The van der Waals surface area contributed by atoms with Crippen LogP contribution in [0.15, 0.2) is 30.3 Å². The molecule has 0 fully saturated rings. The summed E-state index contributed by atoms with van der Waals surface area (Å²) in [5, 5.41) is 2.44. The Labute approximate surface area is 201 Å². The Bertz CT molecular complexity index is 1080. The number of benzene rings is 2. The Morgan fingerprint density at radius 2 is 1.77 bits per heavy atom. The van der Waals surface area contributed by atoms with E-state index in [-0.39, 0.29) is 34.6 Å². The predicted molar refractivity (Wildman–Crippen MR) is 121 cm³/mol. The van der Waals surface area contributed by atoms with E-state index in [9.17, 15) is 22.8 Å². The summed E-state index contributed by atoms with van der Waals surface area (Å²) >= 11 is 0. The Kier molecular flexibility index (Phi) is 8.75. The van der Waals surface area contributed by atoms with E-state index in [2.05, 4.69) is 5.32 Å². The molecule has 0 spiro atoms. The summed E-state index contributed by atoms with van der Waals surface area (Å²) in [6.07, 6.45) is -6.11. The average Bonchev–Trinajstić information content (AvgIpc) is 2.72. The third-order valence-corrected chi connectivity index (χ3v) is 4.87. The first kappa shape index (κ1) is 27.9. The van der Waals surface area contributed by atoms with Crippen molar-refractivity contribution in [2.24, 2.45) is 0 Å². The lowest BCUT2D eigenvalue weighted by Crippen LogP contribution is -2.36. The molecule has 0 aliphatic heterocycles. The van der Waals surface area contributed by atoms with Crippen LogP contribution in [0.4, 0.5) is 22.4 Å². The molecular weight excluding hydrogens is 470 g/mol. The van der Waals surface area contributed by atoms with Crippen molar-refractivity contribution in [1.82, 2.24) is 5.32 Å². The zero-order chi connectivity index (χ0) is 26.6. The number of alkyl carbamates (subject to hydrolysis) is 1. The van der Waals surface area contributed by atoms with E-state index in [0.29, 0.717) is 0 Å². The SMILES string of the molecule is CCOC(=O)C[C@H](NC(=O)OC(C)(C)C)c1cc(-c2c(OC)cccc2C(F)(F)F)cc(C)c1F. The lowest BCUT2D eigenvalue weighted by Gasteiger charge is -2.25. The molecule has 1 amide bonds. The van der Waals surface area contributed by atoms with Gasteiger partial charge in [-0.15, -0.1) is 0 Å². The summed E-state index contributed by atoms with van der Waals surface area (Å²) in [6.45, 7) is 7.88. The van der Waals surface area contributed by atoms with Crippen LogP contribution in [-0.4, -0.2) is 31.4 Å². The molecule has 2 rings (SSSR count). The summed E-state index contributed by atoms with van der Waals surface area (Å²) in [6, 6.07) is 4.60. The number of hydrogen-bond acceptors (Lipinski definition) is 5. The van der Waals surface area contributed by atoms with E-state index in [4.69, 9.17) is 14.2 Å². The Balaban J connectivity index is 2.69. The number of amides is 1. The summed E-state index contributed by atoms with van der Waals surface area (Å²) < 4.78 is 72.1. The van der Waals surface area contributed by atoms with Gasteiger partial charge < -0.3 is 19.5 Å². The number of rotatable bonds is 7. The highest BCUT2D eigenvalue weighted by molar-refractivity contribution is 5.77. The number of hydrogen-bond donors (Lipinski definition) is 1. The van der Waals surface area contributed by atoms with Crippen LogP contribution in [0.1, 0.15) is 56.8 Å². The molecule has 1 atom stereocenters. The lowest BCUT2D eigenvalue weighted by atomic mass is 9.91. The smallest absolute Gasteiger partial charge is 0.417 e. The fourth-order valence-electron chi connectivity index (χ4n) is 3.51. The minimum atomic E-state index is -4.72. The normalized spacial score (nSPS) is 12.6. The molecule has 10 heteroatoms. The van der Waals surface area contributed by atoms with Gasteiger partial charge in [0.2, 0.25) is 0 Å². The van der Waals surface area contributed by atoms with Gasteiger partial charge in [0.1, 0.15) is 17.2 Å². The molecule has 0 aliphatic rings. The summed E-state index contributed by atoms with van der Waals surface area (Å²) in [7, 11) is 1.23. The fourth-order valence-corrected chi connectivity index (χ4v) is 3.51. The maximum Gasteiger partial charge on any atom is 0.417 e. The number of halogens is 4. The summed E-state index contributed by atoms with van der Waals surface area (Å²) in [5.74, 6) is -1.59. The van der Waals surface area contributed by atoms with Crippen molar-refractivity contribution in [3.63, 3.8) is 0 Å². The van der Waals surface area contributed by atoms with Crippen LogP contribution in [-0.2, 0) is 20.4 Å². The molecule has 35 heavy (non-hydrogen) atoms. The van der Waals surface area contributed by atoms with Crippen LogP contribution in [0.25, 0.3) is 11.1 Å². The van der Waals surface area contributed by atoms with Crippen molar-refractivity contribution in [2.45, 2.75) is 58.9 Å². The zero-order valence-electron chi connectivity index (χ0n) is 20.4. The van der Waals surface area contributed by atoms with Crippen LogP contribution in [0.3, 0.4) is 0 Å². The molecule has 0 saturated heterocycles. The number of nitrogens with one attached hydrogen (secondary N) is 1. The highest BCUT2D eigenvalue weighted by atomic mass is 19.4. The van der Waals surface area contributed by atoms with Crippen LogP contribution in [0.5, 0.6) is 5.75 Å². The van der Waals surface area contributed by atoms with Gasteiger partial charge in [0.05, 0.1) is 31.7 Å². The number of carbonyl (C=O) groups is 2. The van der Waals surface area contributed by atoms with Crippen molar-refractivity contribution < 1.29 is 41.4 Å². The second-order valence-corrected chi connectivity index (χ2v) is 8.78. The van der Waals surface area contributed by atoms with Gasteiger partial charge in [-0.1, -0.05) is 6.07 Å². The number of alkyl halides is 3. The fraction of sp³-hybridized carbons (Fsp3) is 0.440. The molecule has 0 saturated carbocycles. The third kappa shape index (κ3) is 7.34. The van der Waals surface area contributed by atoms with Crippen molar-refractivity contribution in [2.75, 3.05) is 13.7 Å². The van der Waals surface area contributed by atoms with Gasteiger partial charge in [-0.05, 0) is 70.0 Å². The van der Waals surface area contributed by atoms with Crippen molar-refractivity contribution in [3.8, 4) is 16.9 Å². The number of methoxy groups -OCH3 is 1. The first-order valence-electron chi connectivity index (χ1n) is 10.9. The molecule has 1 N–H and O–H groups in total. The third-order valence-electron chi connectivity index (χ3n) is 4.87. The first-order valence-corrected chi connectivity index (χ1v) is 10.9. The van der Waals surface area contributed by atoms with E-state index < -0.39 is 47.7 Å². The predicted octanol–water partition coefficient (Wildman–Crippen LogP) is 6.35. The van der Waals surface area contributed by atoms with Crippen LogP contribution in [0, 0.1) is 12.7 Å². The molecule has 0 unspecified atom stereocenters. The number of carbonyl (C=O) groups excluding carboxylic acids is 2. The second kappa shape index (κ2) is 11.0. The molecule has 2 aromatic rings. The molecule has 6 nitrogen and oxygen atoms in total. The summed E-state index contributed by atoms with van der Waals surface area (Å²) in [5.41, 5.74) is -2.33. The van der Waals surface area contributed by atoms with Crippen LogP contribution in [0.2, 0.25) is 0 Å². The van der Waals surface area contributed by atoms with Gasteiger partial charge in [-0.3, -0.25) is 4.79 Å². The quantitative estimate of drug-likeness (QED) is 0.355. The summed E-state index contributed by atoms with van der Waals surface area (Å²) in [4.78, 5) is 24.7. The minimum Gasteiger partial charge on any atom is -0.496 e. The van der Waals surface area contributed by atoms with Crippen molar-refractivity contribution >= 4 is 12.1 Å². The topological polar surface area (TPSA) is 73.9 Å². The van der Waals surface area contributed by atoms with E-state index in [1.54, 1.807) is 27.7 Å². The van der Waals surface area contributed by atoms with Crippen LogP contribution >= 0.6 is 0 Å². The maximum atomic E-state index is 15.3. The molecular formula is C25H29F4NO5. The average molecular weight is 500 g/mol. The standard InChI is InChI=1S/C25H29F4NO5/c1-7-34-20(31)13-18(30-23(32)35-24(3,4)5)16-12-15(11-14(2)22(16)26)21-17(25(27,28)29)9-8-10-19(21)33-6/h8-12,18H,7,13H2,1-6H3,(H,30,32)/t18-/m0/s1. The van der Waals surface area contributed by atoms with Gasteiger partial charge in [-0.25, -0.2) is 9.18 Å². The van der Waals surface area contributed by atoms with Gasteiger partial charge in [0.15, 0.2) is 0 Å². The maximum absolute atomic E-state index is 15.3. The number of aryl methyl sites for hydroxylation is 1. The van der Waals surface area contributed by atoms with Gasteiger partial charge in [-0.2, -0.15) is 13.2 Å².